The van der Waals surface area contributed by atoms with E-state index in [4.69, 9.17) is 0 Å². The Morgan fingerprint density at radius 1 is 1.14 bits per heavy atom. The maximum Gasteiger partial charge on any atom is 0.255 e. The molecule has 2 aromatic rings. The van der Waals surface area contributed by atoms with Crippen molar-refractivity contribution in [3.05, 3.63) is 65.0 Å². The Hall–Kier alpha value is -2.34. The quantitative estimate of drug-likeness (QED) is 0.807. The zero-order chi connectivity index (χ0) is 19.7. The fourth-order valence-electron chi connectivity index (χ4n) is 4.68. The number of benzene rings is 1. The summed E-state index contributed by atoms with van der Waals surface area (Å²) in [5.74, 6) is -1.51. The molecule has 2 fully saturated rings. The van der Waals surface area contributed by atoms with Crippen molar-refractivity contribution in [1.29, 1.82) is 0 Å². The summed E-state index contributed by atoms with van der Waals surface area (Å²) in [7, 11) is 0. The Labute approximate surface area is 164 Å². The van der Waals surface area contributed by atoms with E-state index in [2.05, 4.69) is 9.88 Å². The minimum Gasteiger partial charge on any atom is -0.338 e. The molecule has 148 valence electrons. The fraction of sp³-hybridized carbons (Fsp3) is 0.455. The van der Waals surface area contributed by atoms with Gasteiger partial charge in [-0.05, 0) is 50.9 Å². The van der Waals surface area contributed by atoms with Gasteiger partial charge >= 0.3 is 0 Å². The molecule has 28 heavy (non-hydrogen) atoms. The number of carbonyl (C=O) groups is 1. The first-order valence-corrected chi connectivity index (χ1v) is 9.84. The van der Waals surface area contributed by atoms with Crippen molar-refractivity contribution < 1.29 is 13.6 Å². The topological polar surface area (TPSA) is 36.4 Å². The molecule has 0 N–H and O–H groups in total. The van der Waals surface area contributed by atoms with Crippen LogP contribution in [0.1, 0.15) is 40.9 Å². The van der Waals surface area contributed by atoms with Crippen LogP contribution in [-0.2, 0) is 6.54 Å². The molecule has 1 aromatic carbocycles. The third kappa shape index (κ3) is 3.65. The van der Waals surface area contributed by atoms with Gasteiger partial charge in [0.05, 0.1) is 5.56 Å². The van der Waals surface area contributed by atoms with E-state index < -0.39 is 11.6 Å². The van der Waals surface area contributed by atoms with E-state index in [1.807, 2.05) is 17.9 Å². The van der Waals surface area contributed by atoms with Gasteiger partial charge in [-0.15, -0.1) is 0 Å². The third-order valence-electron chi connectivity index (χ3n) is 6.13. The maximum atomic E-state index is 14.1. The standard InChI is InChI=1S/C22H25F2N3O/c1-16-18(6-3-10-25-16)21(28)27-12-9-22(15-27)8-4-11-26(14-22)13-17-5-2-7-19(23)20(17)24/h2-3,5-7,10H,4,8-9,11-15H2,1H3/t22-/m1/s1. The molecule has 4 nitrogen and oxygen atoms in total. The molecule has 0 saturated carbocycles. The summed E-state index contributed by atoms with van der Waals surface area (Å²) in [5, 5.41) is 0. The Bertz CT molecular complexity index is 888. The predicted molar refractivity (Wildman–Crippen MR) is 103 cm³/mol. The van der Waals surface area contributed by atoms with Crippen LogP contribution in [0, 0.1) is 24.0 Å². The number of amides is 1. The van der Waals surface area contributed by atoms with Crippen molar-refractivity contribution in [1.82, 2.24) is 14.8 Å². The second-order valence-corrected chi connectivity index (χ2v) is 8.14. The van der Waals surface area contributed by atoms with Gasteiger partial charge in [0.25, 0.3) is 5.91 Å². The fourth-order valence-corrected chi connectivity index (χ4v) is 4.68. The Morgan fingerprint density at radius 2 is 2.00 bits per heavy atom. The van der Waals surface area contributed by atoms with Crippen molar-refractivity contribution in [2.75, 3.05) is 26.2 Å². The molecule has 0 unspecified atom stereocenters. The Balaban J connectivity index is 1.45. The number of hydrogen-bond acceptors (Lipinski definition) is 3. The zero-order valence-electron chi connectivity index (χ0n) is 16.1. The Kier molecular flexibility index (Phi) is 5.15. The molecule has 4 rings (SSSR count). The first kappa shape index (κ1) is 19.0. The highest BCUT2D eigenvalue weighted by Crippen LogP contribution is 2.40. The molecule has 2 saturated heterocycles. The number of halogens is 2. The third-order valence-corrected chi connectivity index (χ3v) is 6.13. The van der Waals surface area contributed by atoms with Gasteiger partial charge in [-0.2, -0.15) is 0 Å². The van der Waals surface area contributed by atoms with E-state index in [1.165, 1.54) is 0 Å². The van der Waals surface area contributed by atoms with Gasteiger partial charge in [0.2, 0.25) is 0 Å². The monoisotopic (exact) mass is 385 g/mol. The van der Waals surface area contributed by atoms with Crippen LogP contribution < -0.4 is 0 Å². The van der Waals surface area contributed by atoms with Crippen LogP contribution in [-0.4, -0.2) is 46.9 Å². The smallest absolute Gasteiger partial charge is 0.255 e. The lowest BCUT2D eigenvalue weighted by Gasteiger charge is -2.40. The normalized spacial score (nSPS) is 22.8. The van der Waals surface area contributed by atoms with Crippen molar-refractivity contribution in [3.8, 4) is 0 Å². The number of rotatable bonds is 3. The van der Waals surface area contributed by atoms with Crippen LogP contribution in [0.2, 0.25) is 0 Å². The molecule has 1 atom stereocenters. The van der Waals surface area contributed by atoms with Crippen LogP contribution in [0.25, 0.3) is 0 Å². The first-order chi connectivity index (χ1) is 13.5. The van der Waals surface area contributed by atoms with Gasteiger partial charge in [-0.1, -0.05) is 12.1 Å². The molecule has 1 aromatic heterocycles. The van der Waals surface area contributed by atoms with Crippen molar-refractivity contribution in [3.63, 3.8) is 0 Å². The van der Waals surface area contributed by atoms with Gasteiger partial charge in [0.1, 0.15) is 0 Å². The second-order valence-electron chi connectivity index (χ2n) is 8.14. The summed E-state index contributed by atoms with van der Waals surface area (Å²) in [6.45, 7) is 5.37. The largest absolute Gasteiger partial charge is 0.338 e. The molecular formula is C22H25F2N3O. The van der Waals surface area contributed by atoms with E-state index in [0.29, 0.717) is 24.2 Å². The number of nitrogens with zero attached hydrogens (tertiary/aromatic N) is 3. The summed E-state index contributed by atoms with van der Waals surface area (Å²) in [6.07, 6.45) is 4.71. The van der Waals surface area contributed by atoms with Crippen LogP contribution in [0.3, 0.4) is 0 Å². The molecule has 0 bridgehead atoms. The van der Waals surface area contributed by atoms with Crippen LogP contribution in [0.5, 0.6) is 0 Å². The van der Waals surface area contributed by atoms with E-state index in [0.717, 1.165) is 50.7 Å². The van der Waals surface area contributed by atoms with E-state index in [-0.39, 0.29) is 11.3 Å². The average Bonchev–Trinajstić information content (AvgIpc) is 3.08. The second kappa shape index (κ2) is 7.59. The average molecular weight is 385 g/mol. The number of pyridine rings is 1. The van der Waals surface area contributed by atoms with E-state index >= 15 is 0 Å². The molecular weight excluding hydrogens is 360 g/mol. The van der Waals surface area contributed by atoms with Crippen LogP contribution in [0.15, 0.2) is 36.5 Å². The minimum absolute atomic E-state index is 0.0355. The van der Waals surface area contributed by atoms with Gasteiger partial charge in [-0.3, -0.25) is 14.7 Å². The van der Waals surface area contributed by atoms with Crippen molar-refractivity contribution >= 4 is 5.91 Å². The highest BCUT2D eigenvalue weighted by atomic mass is 19.2. The van der Waals surface area contributed by atoms with Gasteiger partial charge in [-0.25, -0.2) is 8.78 Å². The molecule has 1 spiro atoms. The van der Waals surface area contributed by atoms with Gasteiger partial charge in [0.15, 0.2) is 11.6 Å². The lowest BCUT2D eigenvalue weighted by atomic mass is 9.79. The summed E-state index contributed by atoms with van der Waals surface area (Å²) in [6, 6.07) is 7.98. The number of aryl methyl sites for hydroxylation is 1. The van der Waals surface area contributed by atoms with E-state index in [1.54, 1.807) is 24.4 Å². The van der Waals surface area contributed by atoms with E-state index in [9.17, 15) is 13.6 Å². The molecule has 0 aliphatic carbocycles. The van der Waals surface area contributed by atoms with Gasteiger partial charge in [0, 0.05) is 49.0 Å². The zero-order valence-corrected chi connectivity index (χ0v) is 16.1. The lowest BCUT2D eigenvalue weighted by molar-refractivity contribution is 0.0672. The minimum atomic E-state index is -0.797. The predicted octanol–water partition coefficient (Wildman–Crippen LogP) is 3.80. The summed E-state index contributed by atoms with van der Waals surface area (Å²) in [4.78, 5) is 21.3. The lowest BCUT2D eigenvalue weighted by Crippen LogP contribution is -2.45. The van der Waals surface area contributed by atoms with Gasteiger partial charge < -0.3 is 4.90 Å². The number of hydrogen-bond donors (Lipinski definition) is 0. The molecule has 0 radical (unpaired) electrons. The van der Waals surface area contributed by atoms with Crippen molar-refractivity contribution in [2.24, 2.45) is 5.41 Å². The SMILES string of the molecule is Cc1ncccc1C(=O)N1CC[C@@]2(CCCN(Cc3cccc(F)c3F)C2)C1. The molecule has 6 heteroatoms. The molecule has 2 aliphatic rings. The number of carbonyl (C=O) groups excluding carboxylic acids is 1. The number of piperidine rings is 1. The van der Waals surface area contributed by atoms with Crippen LogP contribution in [0.4, 0.5) is 8.78 Å². The highest BCUT2D eigenvalue weighted by Gasteiger charge is 2.43. The number of likely N-dealkylation sites (tertiary alicyclic amines) is 2. The molecule has 1 amide bonds. The van der Waals surface area contributed by atoms with Crippen molar-refractivity contribution in [2.45, 2.75) is 32.7 Å². The number of aromatic nitrogens is 1. The molecule has 2 aliphatic heterocycles. The first-order valence-electron chi connectivity index (χ1n) is 9.84. The summed E-state index contributed by atoms with van der Waals surface area (Å²) >= 11 is 0. The highest BCUT2D eigenvalue weighted by molar-refractivity contribution is 5.95. The molecule has 3 heterocycles. The maximum absolute atomic E-state index is 14.1. The Morgan fingerprint density at radius 3 is 2.82 bits per heavy atom. The van der Waals surface area contributed by atoms with Crippen LogP contribution >= 0.6 is 0 Å². The summed E-state index contributed by atoms with van der Waals surface area (Å²) < 4.78 is 27.6. The summed E-state index contributed by atoms with van der Waals surface area (Å²) in [5.41, 5.74) is 1.84.